The summed E-state index contributed by atoms with van der Waals surface area (Å²) in [5.74, 6) is 0. The molecule has 1 N–H and O–H groups in total. The van der Waals surface area contributed by atoms with Crippen LogP contribution in [0.5, 0.6) is 0 Å². The molecule has 16 heavy (non-hydrogen) atoms. The van der Waals surface area contributed by atoms with Crippen LogP contribution < -0.4 is 10.9 Å². The molecule has 1 aliphatic rings. The van der Waals surface area contributed by atoms with Crippen molar-refractivity contribution in [3.05, 3.63) is 40.9 Å². The Morgan fingerprint density at radius 1 is 1.38 bits per heavy atom. The highest BCUT2D eigenvalue weighted by atomic mass is 16.1. The Labute approximate surface area is 92.9 Å². The van der Waals surface area contributed by atoms with Gasteiger partial charge < -0.3 is 0 Å². The zero-order valence-corrected chi connectivity index (χ0v) is 8.89. The molecule has 1 aliphatic heterocycles. The van der Waals surface area contributed by atoms with E-state index in [1.54, 1.807) is 10.9 Å². The van der Waals surface area contributed by atoms with Gasteiger partial charge in [-0.3, -0.25) is 14.7 Å². The van der Waals surface area contributed by atoms with Crippen molar-refractivity contribution in [2.45, 2.75) is 19.0 Å². The minimum absolute atomic E-state index is 0.0463. The molecule has 1 atom stereocenters. The minimum Gasteiger partial charge on any atom is -0.297 e. The molecule has 1 saturated heterocycles. The number of rotatable bonds is 1. The van der Waals surface area contributed by atoms with Crippen molar-refractivity contribution in [3.8, 4) is 0 Å². The van der Waals surface area contributed by atoms with Crippen LogP contribution in [0.2, 0.25) is 0 Å². The van der Waals surface area contributed by atoms with Gasteiger partial charge in [-0.1, -0.05) is 12.1 Å². The number of nitrogens with zero attached hydrogens (tertiary/aromatic N) is 2. The van der Waals surface area contributed by atoms with E-state index in [9.17, 15) is 4.79 Å². The summed E-state index contributed by atoms with van der Waals surface area (Å²) in [6.07, 6.45) is 3.88. The second kappa shape index (κ2) is 3.72. The molecule has 0 amide bonds. The third-order valence-corrected chi connectivity index (χ3v) is 3.06. The average Bonchev–Trinajstić information content (AvgIpc) is 2.83. The second-order valence-electron chi connectivity index (χ2n) is 4.09. The van der Waals surface area contributed by atoms with Crippen LogP contribution in [0, 0.1) is 0 Å². The SMILES string of the molecule is O=c1c2ccccc2ncn1C1CCCN1. The van der Waals surface area contributed by atoms with E-state index in [-0.39, 0.29) is 11.7 Å². The lowest BCUT2D eigenvalue weighted by atomic mass is 10.2. The van der Waals surface area contributed by atoms with Crippen LogP contribution in [0.15, 0.2) is 35.4 Å². The number of hydrogen-bond donors (Lipinski definition) is 1. The monoisotopic (exact) mass is 215 g/mol. The Kier molecular flexibility index (Phi) is 2.22. The van der Waals surface area contributed by atoms with Gasteiger partial charge in [-0.2, -0.15) is 0 Å². The first kappa shape index (κ1) is 9.54. The fraction of sp³-hybridized carbons (Fsp3) is 0.333. The van der Waals surface area contributed by atoms with Crippen molar-refractivity contribution < 1.29 is 0 Å². The van der Waals surface area contributed by atoms with E-state index in [2.05, 4.69) is 10.3 Å². The smallest absolute Gasteiger partial charge is 0.262 e. The third-order valence-electron chi connectivity index (χ3n) is 3.06. The number of nitrogens with one attached hydrogen (secondary N) is 1. The Morgan fingerprint density at radius 3 is 3.06 bits per heavy atom. The van der Waals surface area contributed by atoms with Gasteiger partial charge in [0, 0.05) is 0 Å². The number of benzene rings is 1. The summed E-state index contributed by atoms with van der Waals surface area (Å²) in [6.45, 7) is 0.976. The highest BCUT2D eigenvalue weighted by Crippen LogP contribution is 2.15. The largest absolute Gasteiger partial charge is 0.297 e. The average molecular weight is 215 g/mol. The fourth-order valence-corrected chi connectivity index (χ4v) is 2.21. The van der Waals surface area contributed by atoms with E-state index in [0.717, 1.165) is 24.9 Å². The number of hydrogen-bond acceptors (Lipinski definition) is 3. The van der Waals surface area contributed by atoms with Gasteiger partial charge in [0.1, 0.15) is 0 Å². The van der Waals surface area contributed by atoms with Crippen molar-refractivity contribution >= 4 is 10.9 Å². The zero-order chi connectivity index (χ0) is 11.0. The number of aromatic nitrogens is 2. The van der Waals surface area contributed by atoms with Gasteiger partial charge in [0.2, 0.25) is 0 Å². The predicted octanol–water partition coefficient (Wildman–Crippen LogP) is 1.28. The fourth-order valence-electron chi connectivity index (χ4n) is 2.21. The van der Waals surface area contributed by atoms with E-state index >= 15 is 0 Å². The maximum atomic E-state index is 12.2. The van der Waals surface area contributed by atoms with Crippen molar-refractivity contribution in [1.82, 2.24) is 14.9 Å². The first-order valence-electron chi connectivity index (χ1n) is 5.55. The molecule has 1 aromatic carbocycles. The quantitative estimate of drug-likeness (QED) is 0.779. The van der Waals surface area contributed by atoms with Gasteiger partial charge in [-0.05, 0) is 31.5 Å². The zero-order valence-electron chi connectivity index (χ0n) is 8.89. The molecule has 0 saturated carbocycles. The molecule has 2 heterocycles. The van der Waals surface area contributed by atoms with E-state index in [0.29, 0.717) is 5.39 Å². The van der Waals surface area contributed by atoms with Crippen LogP contribution in [-0.2, 0) is 0 Å². The van der Waals surface area contributed by atoms with Gasteiger partial charge in [0.05, 0.1) is 23.4 Å². The molecule has 0 spiro atoms. The third kappa shape index (κ3) is 1.42. The maximum absolute atomic E-state index is 12.2. The van der Waals surface area contributed by atoms with Crippen molar-refractivity contribution in [2.75, 3.05) is 6.54 Å². The summed E-state index contributed by atoms with van der Waals surface area (Å²) in [6, 6.07) is 7.46. The Hall–Kier alpha value is -1.68. The molecule has 2 aromatic rings. The van der Waals surface area contributed by atoms with Gasteiger partial charge in [-0.25, -0.2) is 4.98 Å². The summed E-state index contributed by atoms with van der Waals surface area (Å²) < 4.78 is 1.70. The first-order valence-corrected chi connectivity index (χ1v) is 5.55. The highest BCUT2D eigenvalue weighted by molar-refractivity contribution is 5.76. The lowest BCUT2D eigenvalue weighted by molar-refractivity contribution is 0.453. The van der Waals surface area contributed by atoms with Gasteiger partial charge in [-0.15, -0.1) is 0 Å². The van der Waals surface area contributed by atoms with Crippen LogP contribution in [-0.4, -0.2) is 16.1 Å². The highest BCUT2D eigenvalue weighted by Gasteiger charge is 2.17. The molecule has 0 aliphatic carbocycles. The molecule has 4 heteroatoms. The van der Waals surface area contributed by atoms with E-state index in [1.807, 2.05) is 24.3 Å². The second-order valence-corrected chi connectivity index (χ2v) is 4.09. The van der Waals surface area contributed by atoms with Crippen molar-refractivity contribution in [2.24, 2.45) is 0 Å². The topological polar surface area (TPSA) is 46.9 Å². The van der Waals surface area contributed by atoms with Crippen LogP contribution in [0.1, 0.15) is 19.0 Å². The predicted molar refractivity (Wildman–Crippen MR) is 62.3 cm³/mol. The van der Waals surface area contributed by atoms with Gasteiger partial charge in [0.25, 0.3) is 5.56 Å². The normalized spacial score (nSPS) is 20.4. The maximum Gasteiger partial charge on any atom is 0.262 e. The molecular weight excluding hydrogens is 202 g/mol. The van der Waals surface area contributed by atoms with Gasteiger partial charge >= 0.3 is 0 Å². The van der Waals surface area contributed by atoms with Crippen LogP contribution >= 0.6 is 0 Å². The molecule has 1 unspecified atom stereocenters. The molecule has 1 aromatic heterocycles. The van der Waals surface area contributed by atoms with Crippen molar-refractivity contribution in [1.29, 1.82) is 0 Å². The Bertz CT molecular complexity index is 570. The summed E-state index contributed by atoms with van der Waals surface area (Å²) in [4.78, 5) is 16.5. The van der Waals surface area contributed by atoms with Crippen LogP contribution in [0.3, 0.4) is 0 Å². The Morgan fingerprint density at radius 2 is 2.25 bits per heavy atom. The molecular formula is C12H13N3O. The summed E-state index contributed by atoms with van der Waals surface area (Å²) in [5, 5.41) is 3.99. The first-order chi connectivity index (χ1) is 7.86. The van der Waals surface area contributed by atoms with Gasteiger partial charge in [0.15, 0.2) is 0 Å². The molecule has 1 fully saturated rings. The van der Waals surface area contributed by atoms with E-state index in [4.69, 9.17) is 0 Å². The Balaban J connectivity index is 2.19. The molecule has 82 valence electrons. The molecule has 0 bridgehead atoms. The van der Waals surface area contributed by atoms with Crippen molar-refractivity contribution in [3.63, 3.8) is 0 Å². The summed E-state index contributed by atoms with van der Waals surface area (Å²) in [7, 11) is 0. The van der Waals surface area contributed by atoms with E-state index in [1.165, 1.54) is 0 Å². The van der Waals surface area contributed by atoms with Crippen LogP contribution in [0.4, 0.5) is 0 Å². The number of fused-ring (bicyclic) bond motifs is 1. The van der Waals surface area contributed by atoms with Crippen LogP contribution in [0.25, 0.3) is 10.9 Å². The number of para-hydroxylation sites is 1. The standard InChI is InChI=1S/C12H13N3O/c16-12-9-4-1-2-5-10(9)14-8-15(12)11-6-3-7-13-11/h1-2,4-5,8,11,13H,3,6-7H2. The van der Waals surface area contributed by atoms with E-state index < -0.39 is 0 Å². The summed E-state index contributed by atoms with van der Waals surface area (Å²) >= 11 is 0. The molecule has 4 nitrogen and oxygen atoms in total. The summed E-state index contributed by atoms with van der Waals surface area (Å²) in [5.41, 5.74) is 0.812. The molecule has 0 radical (unpaired) electrons. The minimum atomic E-state index is 0.0463. The lowest BCUT2D eigenvalue weighted by Crippen LogP contribution is -2.30. The lowest BCUT2D eigenvalue weighted by Gasteiger charge is -2.13. The molecule has 3 rings (SSSR count).